The van der Waals surface area contributed by atoms with E-state index in [0.29, 0.717) is 18.7 Å². The highest BCUT2D eigenvalue weighted by atomic mass is 16.3. The van der Waals surface area contributed by atoms with Gasteiger partial charge >= 0.3 is 0 Å². The Morgan fingerprint density at radius 3 is 2.48 bits per heavy atom. The number of nitrogens with one attached hydrogen (secondary N) is 1. The number of nitrogens with zero attached hydrogens (tertiary/aromatic N) is 3. The summed E-state index contributed by atoms with van der Waals surface area (Å²) in [5.74, 6) is -0.340. The third-order valence-corrected chi connectivity index (χ3v) is 6.33. The van der Waals surface area contributed by atoms with Crippen LogP contribution in [0.1, 0.15) is 47.9 Å². The summed E-state index contributed by atoms with van der Waals surface area (Å²) in [6.07, 6.45) is 2.12. The van der Waals surface area contributed by atoms with Crippen LogP contribution in [0.5, 0.6) is 0 Å². The minimum absolute atomic E-state index is 0.0981. The van der Waals surface area contributed by atoms with Crippen molar-refractivity contribution in [3.63, 3.8) is 0 Å². The van der Waals surface area contributed by atoms with E-state index in [1.54, 1.807) is 0 Å². The summed E-state index contributed by atoms with van der Waals surface area (Å²) in [4.78, 5) is 27.6. The Morgan fingerprint density at radius 1 is 1.06 bits per heavy atom. The van der Waals surface area contributed by atoms with Crippen molar-refractivity contribution in [3.05, 3.63) is 64.7 Å². The molecule has 2 aromatic carbocycles. The molecule has 0 saturated carbocycles. The van der Waals surface area contributed by atoms with Crippen LogP contribution in [0.3, 0.4) is 0 Å². The van der Waals surface area contributed by atoms with E-state index in [0.717, 1.165) is 54.9 Å². The number of hydrogen-bond acceptors (Lipinski definition) is 5. The second-order valence-corrected chi connectivity index (χ2v) is 9.05. The lowest BCUT2D eigenvalue weighted by Crippen LogP contribution is -2.39. The largest absolute Gasteiger partial charge is 0.393 e. The van der Waals surface area contributed by atoms with Gasteiger partial charge in [0.15, 0.2) is 0 Å². The van der Waals surface area contributed by atoms with E-state index in [-0.39, 0.29) is 24.3 Å². The van der Waals surface area contributed by atoms with Crippen LogP contribution >= 0.6 is 0 Å². The Hall–Kier alpha value is -3.03. The normalized spacial score (nSPS) is 17.7. The number of benzene rings is 2. The van der Waals surface area contributed by atoms with E-state index < -0.39 is 0 Å². The lowest BCUT2D eigenvalue weighted by atomic mass is 10.1. The Morgan fingerprint density at radius 2 is 1.76 bits per heavy atom. The zero-order valence-corrected chi connectivity index (χ0v) is 19.4. The van der Waals surface area contributed by atoms with Crippen LogP contribution in [-0.2, 0) is 22.7 Å². The van der Waals surface area contributed by atoms with Crippen molar-refractivity contribution in [3.8, 4) is 0 Å². The average molecular weight is 449 g/mol. The fourth-order valence-corrected chi connectivity index (χ4v) is 4.24. The quantitative estimate of drug-likeness (QED) is 0.711. The molecule has 7 nitrogen and oxygen atoms in total. The third kappa shape index (κ3) is 5.86. The number of anilines is 1. The van der Waals surface area contributed by atoms with E-state index >= 15 is 0 Å². The van der Waals surface area contributed by atoms with Gasteiger partial charge in [0.25, 0.3) is 5.91 Å². The number of carbonyl (C=O) groups is 2. The van der Waals surface area contributed by atoms with Gasteiger partial charge in [-0.05, 0) is 55.0 Å². The average Bonchev–Trinajstić information content (AvgIpc) is 2.82. The van der Waals surface area contributed by atoms with E-state index in [2.05, 4.69) is 27.5 Å². The number of piperidine rings is 1. The fraction of sp³-hybridized carbons (Fsp3) is 0.423. The Bertz CT molecular complexity index is 1040. The minimum Gasteiger partial charge on any atom is -0.393 e. The van der Waals surface area contributed by atoms with Gasteiger partial charge in [-0.15, -0.1) is 0 Å². The molecule has 2 aliphatic rings. The summed E-state index contributed by atoms with van der Waals surface area (Å²) < 4.78 is 0. The van der Waals surface area contributed by atoms with Gasteiger partial charge in [0.05, 0.1) is 11.8 Å². The molecule has 1 saturated heterocycles. The van der Waals surface area contributed by atoms with Gasteiger partial charge < -0.3 is 10.4 Å². The molecule has 0 spiro atoms. The SMILES string of the molecule is Cc1ccc(C)c(N2N=C(C(=O)NCc3ccc(CN4CCC(O)CC4)cc3)CCC2=O)c1. The number of amides is 2. The molecular formula is C26H32N4O3. The molecule has 2 amide bonds. The topological polar surface area (TPSA) is 85.2 Å². The molecule has 2 aliphatic heterocycles. The highest BCUT2D eigenvalue weighted by Crippen LogP contribution is 2.25. The Kier molecular flexibility index (Phi) is 7.20. The molecule has 4 rings (SSSR count). The van der Waals surface area contributed by atoms with Gasteiger partial charge in [-0.2, -0.15) is 5.10 Å². The first kappa shape index (κ1) is 23.1. The van der Waals surface area contributed by atoms with Crippen molar-refractivity contribution < 1.29 is 14.7 Å². The minimum atomic E-state index is -0.242. The van der Waals surface area contributed by atoms with Crippen LogP contribution < -0.4 is 10.3 Å². The van der Waals surface area contributed by atoms with E-state index in [1.807, 2.05) is 44.2 Å². The summed E-state index contributed by atoms with van der Waals surface area (Å²) in [5.41, 5.74) is 5.32. The summed E-state index contributed by atoms with van der Waals surface area (Å²) in [7, 11) is 0. The van der Waals surface area contributed by atoms with Crippen LogP contribution in [0.15, 0.2) is 47.6 Å². The molecule has 7 heteroatoms. The predicted octanol–water partition coefficient (Wildman–Crippen LogP) is 3.06. The predicted molar refractivity (Wildman–Crippen MR) is 129 cm³/mol. The van der Waals surface area contributed by atoms with E-state index in [1.165, 1.54) is 10.6 Å². The number of carbonyl (C=O) groups excluding carboxylic acids is 2. The zero-order valence-electron chi connectivity index (χ0n) is 19.4. The summed E-state index contributed by atoms with van der Waals surface area (Å²) in [5, 5.41) is 18.4. The van der Waals surface area contributed by atoms with Crippen molar-refractivity contribution >= 4 is 23.2 Å². The van der Waals surface area contributed by atoms with E-state index in [4.69, 9.17) is 0 Å². The van der Waals surface area contributed by atoms with Crippen LogP contribution in [-0.4, -0.2) is 46.7 Å². The second kappa shape index (κ2) is 10.3. The second-order valence-electron chi connectivity index (χ2n) is 9.05. The zero-order chi connectivity index (χ0) is 23.4. The van der Waals surface area contributed by atoms with Crippen LogP contribution in [0.4, 0.5) is 5.69 Å². The molecule has 33 heavy (non-hydrogen) atoms. The number of rotatable bonds is 6. The Labute approximate surface area is 195 Å². The van der Waals surface area contributed by atoms with Crippen molar-refractivity contribution in [2.45, 2.75) is 58.7 Å². The standard InChI is InChI=1S/C26H32N4O3/c1-18-3-4-19(2)24(15-18)30-25(32)10-9-23(28-30)26(33)27-16-20-5-7-21(8-6-20)17-29-13-11-22(31)12-14-29/h3-8,15,22,31H,9-14,16-17H2,1-2H3,(H,27,33). The first-order valence-electron chi connectivity index (χ1n) is 11.6. The first-order valence-corrected chi connectivity index (χ1v) is 11.6. The lowest BCUT2D eigenvalue weighted by Gasteiger charge is -2.29. The lowest BCUT2D eigenvalue weighted by molar-refractivity contribution is -0.119. The number of hydrogen-bond donors (Lipinski definition) is 2. The van der Waals surface area contributed by atoms with Gasteiger partial charge in [-0.25, -0.2) is 5.01 Å². The van der Waals surface area contributed by atoms with Crippen LogP contribution in [0, 0.1) is 13.8 Å². The van der Waals surface area contributed by atoms with Crippen molar-refractivity contribution in [2.24, 2.45) is 5.10 Å². The number of likely N-dealkylation sites (tertiary alicyclic amines) is 1. The molecule has 174 valence electrons. The van der Waals surface area contributed by atoms with Gasteiger partial charge in [-0.1, -0.05) is 36.4 Å². The maximum Gasteiger partial charge on any atom is 0.267 e. The number of aliphatic hydroxyl groups excluding tert-OH is 1. The molecular weight excluding hydrogens is 416 g/mol. The fourth-order valence-electron chi connectivity index (χ4n) is 4.24. The number of aryl methyl sites for hydroxylation is 2. The molecule has 0 atom stereocenters. The maximum absolute atomic E-state index is 12.8. The molecule has 2 aromatic rings. The third-order valence-electron chi connectivity index (χ3n) is 6.33. The molecule has 2 heterocycles. The molecule has 0 radical (unpaired) electrons. The molecule has 1 fully saturated rings. The van der Waals surface area contributed by atoms with Crippen molar-refractivity contribution in [2.75, 3.05) is 18.1 Å². The molecule has 0 aromatic heterocycles. The molecule has 0 aliphatic carbocycles. The summed E-state index contributed by atoms with van der Waals surface area (Å²) in [6.45, 7) is 7.02. The van der Waals surface area contributed by atoms with Gasteiger partial charge in [0.2, 0.25) is 5.91 Å². The van der Waals surface area contributed by atoms with E-state index in [9.17, 15) is 14.7 Å². The van der Waals surface area contributed by atoms with Crippen LogP contribution in [0.25, 0.3) is 0 Å². The van der Waals surface area contributed by atoms with Crippen molar-refractivity contribution in [1.82, 2.24) is 10.2 Å². The van der Waals surface area contributed by atoms with Crippen LogP contribution in [0.2, 0.25) is 0 Å². The highest BCUT2D eigenvalue weighted by Gasteiger charge is 2.26. The smallest absolute Gasteiger partial charge is 0.267 e. The maximum atomic E-state index is 12.8. The Balaban J connectivity index is 1.35. The van der Waals surface area contributed by atoms with Crippen molar-refractivity contribution in [1.29, 1.82) is 0 Å². The summed E-state index contributed by atoms with van der Waals surface area (Å²) in [6, 6.07) is 14.1. The van der Waals surface area contributed by atoms with Gasteiger partial charge in [-0.3, -0.25) is 14.5 Å². The number of hydrazone groups is 1. The summed E-state index contributed by atoms with van der Waals surface area (Å²) >= 11 is 0. The van der Waals surface area contributed by atoms with Gasteiger partial charge in [0.1, 0.15) is 5.71 Å². The highest BCUT2D eigenvalue weighted by molar-refractivity contribution is 6.40. The number of aliphatic hydroxyl groups is 1. The molecule has 2 N–H and O–H groups in total. The monoisotopic (exact) mass is 448 g/mol. The van der Waals surface area contributed by atoms with Gasteiger partial charge in [0, 0.05) is 39.0 Å². The molecule has 0 unspecified atom stereocenters. The molecule has 0 bridgehead atoms. The first-order chi connectivity index (χ1) is 15.9.